The predicted molar refractivity (Wildman–Crippen MR) is 72.9 cm³/mol. The molecule has 0 atom stereocenters. The van der Waals surface area contributed by atoms with E-state index in [0.29, 0.717) is 13.2 Å². The van der Waals surface area contributed by atoms with Gasteiger partial charge >= 0.3 is 6.92 Å². The molecule has 0 fully saturated rings. The Bertz CT molecular complexity index is 475. The highest BCUT2D eigenvalue weighted by Crippen LogP contribution is 1.97. The summed E-state index contributed by atoms with van der Waals surface area (Å²) in [5, 5.41) is 0. The summed E-state index contributed by atoms with van der Waals surface area (Å²) < 4.78 is 18.7. The van der Waals surface area contributed by atoms with E-state index in [0.717, 1.165) is 10.9 Å². The topological polar surface area (TPSA) is 35.2 Å². The molecule has 0 aliphatic heterocycles. The Labute approximate surface area is 107 Å². The molecule has 0 bridgehead atoms. The Kier molecular flexibility index (Phi) is 4.50. The first-order valence-electron chi connectivity index (χ1n) is 5.93. The molecule has 18 heavy (non-hydrogen) atoms. The normalized spacial score (nSPS) is 10.3. The molecule has 0 aliphatic carbocycles. The fourth-order valence-corrected chi connectivity index (χ4v) is 1.84. The standard InChI is InChI=1S/C14H15BFNO/c16-14-8-6-13(7-9-14)15(18-11-10-17)12-4-2-1-3-5-12/h1-9H,10-11,17H2. The summed E-state index contributed by atoms with van der Waals surface area (Å²) in [6, 6.07) is 16.2. The van der Waals surface area contributed by atoms with Crippen molar-refractivity contribution < 1.29 is 9.04 Å². The third-order valence-electron chi connectivity index (χ3n) is 2.68. The summed E-state index contributed by atoms with van der Waals surface area (Å²) in [6.07, 6.45) is 0. The van der Waals surface area contributed by atoms with Crippen LogP contribution in [0.5, 0.6) is 0 Å². The first-order valence-corrected chi connectivity index (χ1v) is 5.93. The van der Waals surface area contributed by atoms with Gasteiger partial charge in [-0.15, -0.1) is 0 Å². The molecule has 2 rings (SSSR count). The van der Waals surface area contributed by atoms with Crippen LogP contribution in [0.2, 0.25) is 0 Å². The minimum absolute atomic E-state index is 0.199. The summed E-state index contributed by atoms with van der Waals surface area (Å²) in [5.74, 6) is -0.246. The molecule has 0 spiro atoms. The van der Waals surface area contributed by atoms with Gasteiger partial charge in [-0.05, 0) is 23.1 Å². The molecule has 0 aliphatic rings. The van der Waals surface area contributed by atoms with Gasteiger partial charge in [0.1, 0.15) is 5.82 Å². The SMILES string of the molecule is NCCOB(c1ccccc1)c1ccc(F)cc1. The van der Waals surface area contributed by atoms with Crippen LogP contribution in [0.3, 0.4) is 0 Å². The van der Waals surface area contributed by atoms with E-state index in [2.05, 4.69) is 0 Å². The van der Waals surface area contributed by atoms with Crippen LogP contribution in [-0.4, -0.2) is 20.1 Å². The number of benzene rings is 2. The van der Waals surface area contributed by atoms with Gasteiger partial charge in [0, 0.05) is 13.2 Å². The largest absolute Gasteiger partial charge is 0.426 e. The number of nitrogens with two attached hydrogens (primary N) is 1. The highest BCUT2D eigenvalue weighted by atomic mass is 19.1. The monoisotopic (exact) mass is 243 g/mol. The molecule has 0 radical (unpaired) electrons. The van der Waals surface area contributed by atoms with E-state index in [9.17, 15) is 4.39 Å². The Hall–Kier alpha value is -1.65. The maximum absolute atomic E-state index is 12.9. The van der Waals surface area contributed by atoms with Crippen LogP contribution < -0.4 is 16.7 Å². The van der Waals surface area contributed by atoms with Crippen LogP contribution >= 0.6 is 0 Å². The van der Waals surface area contributed by atoms with Crippen molar-refractivity contribution >= 4 is 17.8 Å². The zero-order valence-corrected chi connectivity index (χ0v) is 10.1. The number of hydrogen-bond donors (Lipinski definition) is 1. The maximum Gasteiger partial charge on any atom is 0.361 e. The zero-order valence-electron chi connectivity index (χ0n) is 10.1. The Morgan fingerprint density at radius 3 is 2.17 bits per heavy atom. The Morgan fingerprint density at radius 2 is 1.56 bits per heavy atom. The van der Waals surface area contributed by atoms with Crippen LogP contribution in [0, 0.1) is 5.82 Å². The third-order valence-corrected chi connectivity index (χ3v) is 2.68. The lowest BCUT2D eigenvalue weighted by atomic mass is 9.55. The molecule has 0 saturated carbocycles. The molecule has 4 heteroatoms. The fraction of sp³-hybridized carbons (Fsp3) is 0.143. The second-order valence-electron chi connectivity index (χ2n) is 4.00. The molecular weight excluding hydrogens is 228 g/mol. The number of rotatable bonds is 5. The van der Waals surface area contributed by atoms with Gasteiger partial charge in [0.15, 0.2) is 0 Å². The van der Waals surface area contributed by atoms with Gasteiger partial charge in [-0.3, -0.25) is 0 Å². The average molecular weight is 243 g/mol. The van der Waals surface area contributed by atoms with Gasteiger partial charge < -0.3 is 10.4 Å². The van der Waals surface area contributed by atoms with E-state index in [4.69, 9.17) is 10.4 Å². The van der Waals surface area contributed by atoms with Crippen molar-refractivity contribution in [1.29, 1.82) is 0 Å². The summed E-state index contributed by atoms with van der Waals surface area (Å²) in [4.78, 5) is 0. The average Bonchev–Trinajstić information content (AvgIpc) is 2.42. The van der Waals surface area contributed by atoms with Crippen molar-refractivity contribution in [2.75, 3.05) is 13.2 Å². The molecular formula is C14H15BFNO. The lowest BCUT2D eigenvalue weighted by Gasteiger charge is -2.14. The molecule has 0 unspecified atom stereocenters. The van der Waals surface area contributed by atoms with Gasteiger partial charge in [0.05, 0.1) is 0 Å². The Balaban J connectivity index is 2.27. The molecule has 0 heterocycles. The van der Waals surface area contributed by atoms with E-state index >= 15 is 0 Å². The first kappa shape index (κ1) is 12.8. The number of halogens is 1. The minimum Gasteiger partial charge on any atom is -0.426 e. The molecule has 0 aromatic heterocycles. The van der Waals surface area contributed by atoms with Crippen LogP contribution in [0.1, 0.15) is 0 Å². The smallest absolute Gasteiger partial charge is 0.361 e. The van der Waals surface area contributed by atoms with Crippen LogP contribution in [0.25, 0.3) is 0 Å². The van der Waals surface area contributed by atoms with Crippen molar-refractivity contribution in [3.8, 4) is 0 Å². The summed E-state index contributed by atoms with van der Waals surface area (Å²) in [5.41, 5.74) is 7.44. The van der Waals surface area contributed by atoms with Gasteiger partial charge in [-0.1, -0.05) is 42.5 Å². The lowest BCUT2D eigenvalue weighted by molar-refractivity contribution is 0.344. The zero-order chi connectivity index (χ0) is 12.8. The minimum atomic E-state index is -0.246. The van der Waals surface area contributed by atoms with E-state index < -0.39 is 0 Å². The molecule has 2 aromatic carbocycles. The second-order valence-corrected chi connectivity index (χ2v) is 4.00. The van der Waals surface area contributed by atoms with Crippen molar-refractivity contribution in [2.24, 2.45) is 5.73 Å². The summed E-state index contributed by atoms with van der Waals surface area (Å²) >= 11 is 0. The van der Waals surface area contributed by atoms with Gasteiger partial charge in [-0.2, -0.15) is 0 Å². The van der Waals surface area contributed by atoms with Crippen molar-refractivity contribution in [1.82, 2.24) is 0 Å². The van der Waals surface area contributed by atoms with Crippen LogP contribution in [-0.2, 0) is 4.65 Å². The number of hydrogen-bond acceptors (Lipinski definition) is 2. The van der Waals surface area contributed by atoms with E-state index in [1.807, 2.05) is 30.3 Å². The van der Waals surface area contributed by atoms with E-state index in [1.54, 1.807) is 12.1 Å². The quantitative estimate of drug-likeness (QED) is 0.792. The third kappa shape index (κ3) is 3.18. The lowest BCUT2D eigenvalue weighted by Crippen LogP contribution is -2.45. The predicted octanol–water partition coefficient (Wildman–Crippen LogP) is 0.907. The molecule has 0 saturated heterocycles. The summed E-state index contributed by atoms with van der Waals surface area (Å²) in [6.45, 7) is 0.733. The highest BCUT2D eigenvalue weighted by Gasteiger charge is 2.20. The van der Waals surface area contributed by atoms with Crippen LogP contribution in [0.15, 0.2) is 54.6 Å². The summed E-state index contributed by atoms with van der Waals surface area (Å²) in [7, 11) is 0. The molecule has 0 amide bonds. The van der Waals surface area contributed by atoms with E-state index in [-0.39, 0.29) is 12.7 Å². The van der Waals surface area contributed by atoms with Crippen molar-refractivity contribution in [3.05, 3.63) is 60.4 Å². The van der Waals surface area contributed by atoms with Gasteiger partial charge in [0.2, 0.25) is 0 Å². The van der Waals surface area contributed by atoms with Crippen LogP contribution in [0.4, 0.5) is 4.39 Å². The molecule has 92 valence electrons. The van der Waals surface area contributed by atoms with Crippen molar-refractivity contribution in [3.63, 3.8) is 0 Å². The second kappa shape index (κ2) is 6.33. The highest BCUT2D eigenvalue weighted by molar-refractivity contribution is 6.80. The van der Waals surface area contributed by atoms with Gasteiger partial charge in [-0.25, -0.2) is 4.39 Å². The van der Waals surface area contributed by atoms with E-state index in [1.165, 1.54) is 12.1 Å². The molecule has 2 aromatic rings. The Morgan fingerprint density at radius 1 is 0.944 bits per heavy atom. The van der Waals surface area contributed by atoms with Crippen molar-refractivity contribution in [2.45, 2.75) is 0 Å². The molecule has 2 nitrogen and oxygen atoms in total. The van der Waals surface area contributed by atoms with Gasteiger partial charge in [0.25, 0.3) is 0 Å². The first-order chi connectivity index (χ1) is 8.81. The fourth-order valence-electron chi connectivity index (χ4n) is 1.84. The molecule has 2 N–H and O–H groups in total. The maximum atomic E-state index is 12.9.